The summed E-state index contributed by atoms with van der Waals surface area (Å²) in [5.74, 6) is 0. The fourth-order valence-electron chi connectivity index (χ4n) is 1.74. The number of alkyl halides is 1. The predicted octanol–water partition coefficient (Wildman–Crippen LogP) is 5.81. The zero-order chi connectivity index (χ0) is 12.4. The van der Waals surface area contributed by atoms with Crippen molar-refractivity contribution in [2.75, 3.05) is 0 Å². The number of rotatable bonds is 3. The van der Waals surface area contributed by atoms with E-state index >= 15 is 0 Å². The molecule has 0 aliphatic heterocycles. The molecule has 2 aromatic rings. The standard InChI is InChI=1S/C14H14Br2S/c1-9-3-5-11(6-4-9)8-13(16)14-12(15)7-10(2)17-14/h3-7,13H,8H2,1-2H3. The third-order valence-corrected chi connectivity index (χ3v) is 5.82. The first kappa shape index (κ1) is 13.3. The van der Waals surface area contributed by atoms with E-state index in [0.717, 1.165) is 6.42 Å². The minimum absolute atomic E-state index is 0.387. The molecule has 0 spiro atoms. The van der Waals surface area contributed by atoms with Crippen LogP contribution in [0.5, 0.6) is 0 Å². The molecule has 0 aliphatic carbocycles. The van der Waals surface area contributed by atoms with E-state index in [1.54, 1.807) is 0 Å². The van der Waals surface area contributed by atoms with Crippen molar-refractivity contribution in [2.24, 2.45) is 0 Å². The van der Waals surface area contributed by atoms with Crippen LogP contribution in [-0.4, -0.2) is 0 Å². The lowest BCUT2D eigenvalue weighted by atomic mass is 10.1. The maximum Gasteiger partial charge on any atom is 0.0540 e. The quantitative estimate of drug-likeness (QED) is 0.596. The van der Waals surface area contributed by atoms with Crippen molar-refractivity contribution in [3.8, 4) is 0 Å². The number of benzene rings is 1. The Hall–Kier alpha value is -0.120. The van der Waals surface area contributed by atoms with Gasteiger partial charge in [-0.25, -0.2) is 0 Å². The second kappa shape index (κ2) is 5.68. The Balaban J connectivity index is 2.14. The van der Waals surface area contributed by atoms with Crippen molar-refractivity contribution in [3.63, 3.8) is 0 Å². The third kappa shape index (κ3) is 3.43. The molecule has 1 unspecified atom stereocenters. The Morgan fingerprint density at radius 1 is 1.18 bits per heavy atom. The molecule has 17 heavy (non-hydrogen) atoms. The highest BCUT2D eigenvalue weighted by atomic mass is 79.9. The largest absolute Gasteiger partial charge is 0.143 e. The molecular weight excluding hydrogens is 360 g/mol. The summed E-state index contributed by atoms with van der Waals surface area (Å²) in [5.41, 5.74) is 2.68. The highest BCUT2D eigenvalue weighted by molar-refractivity contribution is 9.11. The second-order valence-corrected chi connectivity index (χ2v) is 7.47. The lowest BCUT2D eigenvalue weighted by molar-refractivity contribution is 0.964. The smallest absolute Gasteiger partial charge is 0.0540 e. The molecule has 0 bridgehead atoms. The lowest BCUT2D eigenvalue weighted by Crippen LogP contribution is -1.93. The van der Waals surface area contributed by atoms with Crippen LogP contribution in [0, 0.1) is 13.8 Å². The second-order valence-electron chi connectivity index (χ2n) is 4.23. The van der Waals surface area contributed by atoms with Gasteiger partial charge in [-0.2, -0.15) is 0 Å². The van der Waals surface area contributed by atoms with Gasteiger partial charge < -0.3 is 0 Å². The molecule has 2 rings (SSSR count). The molecule has 0 saturated carbocycles. The molecule has 0 amide bonds. The van der Waals surface area contributed by atoms with Gasteiger partial charge in [0.15, 0.2) is 0 Å². The number of halogens is 2. The Morgan fingerprint density at radius 3 is 2.35 bits per heavy atom. The van der Waals surface area contributed by atoms with Crippen LogP contribution in [-0.2, 0) is 6.42 Å². The maximum absolute atomic E-state index is 3.79. The molecule has 1 atom stereocenters. The molecule has 0 N–H and O–H groups in total. The summed E-state index contributed by atoms with van der Waals surface area (Å²) < 4.78 is 1.22. The minimum Gasteiger partial charge on any atom is -0.143 e. The average Bonchev–Trinajstić information content (AvgIpc) is 2.61. The predicted molar refractivity (Wildman–Crippen MR) is 83.3 cm³/mol. The van der Waals surface area contributed by atoms with Gasteiger partial charge in [0, 0.05) is 14.2 Å². The highest BCUT2D eigenvalue weighted by Crippen LogP contribution is 2.38. The topological polar surface area (TPSA) is 0 Å². The van der Waals surface area contributed by atoms with E-state index in [2.05, 4.69) is 76.0 Å². The third-order valence-electron chi connectivity index (χ3n) is 2.66. The van der Waals surface area contributed by atoms with Gasteiger partial charge in [0.2, 0.25) is 0 Å². The molecular formula is C14H14Br2S. The van der Waals surface area contributed by atoms with Crippen molar-refractivity contribution in [1.82, 2.24) is 0 Å². The lowest BCUT2D eigenvalue weighted by Gasteiger charge is -2.09. The van der Waals surface area contributed by atoms with E-state index in [1.807, 2.05) is 11.3 Å². The molecule has 1 heterocycles. The van der Waals surface area contributed by atoms with Gasteiger partial charge in [0.05, 0.1) is 4.83 Å². The molecule has 0 saturated heterocycles. The number of hydrogen-bond donors (Lipinski definition) is 0. The van der Waals surface area contributed by atoms with Crippen LogP contribution in [0.15, 0.2) is 34.8 Å². The molecule has 90 valence electrons. The average molecular weight is 374 g/mol. The van der Waals surface area contributed by atoms with Gasteiger partial charge in [-0.05, 0) is 47.8 Å². The summed E-state index contributed by atoms with van der Waals surface area (Å²) in [7, 11) is 0. The number of thiophene rings is 1. The molecule has 0 aliphatic rings. The molecule has 1 aromatic heterocycles. The van der Waals surface area contributed by atoms with Crippen molar-refractivity contribution in [3.05, 3.63) is 55.7 Å². The molecule has 1 aromatic carbocycles. The van der Waals surface area contributed by atoms with Crippen molar-refractivity contribution in [1.29, 1.82) is 0 Å². The van der Waals surface area contributed by atoms with E-state index in [9.17, 15) is 0 Å². The van der Waals surface area contributed by atoms with Gasteiger partial charge in [-0.15, -0.1) is 11.3 Å². The fraction of sp³-hybridized carbons (Fsp3) is 0.286. The van der Waals surface area contributed by atoms with Crippen LogP contribution in [0.1, 0.15) is 25.7 Å². The van der Waals surface area contributed by atoms with Gasteiger partial charge in [0.1, 0.15) is 0 Å². The first-order valence-corrected chi connectivity index (χ1v) is 8.04. The van der Waals surface area contributed by atoms with Gasteiger partial charge in [-0.1, -0.05) is 45.8 Å². The van der Waals surface area contributed by atoms with Crippen LogP contribution in [0.3, 0.4) is 0 Å². The van der Waals surface area contributed by atoms with Crippen molar-refractivity contribution >= 4 is 43.2 Å². The van der Waals surface area contributed by atoms with Crippen LogP contribution in [0.4, 0.5) is 0 Å². The van der Waals surface area contributed by atoms with Crippen molar-refractivity contribution < 1.29 is 0 Å². The first-order valence-electron chi connectivity index (χ1n) is 5.51. The van der Waals surface area contributed by atoms with E-state index in [0.29, 0.717) is 4.83 Å². The van der Waals surface area contributed by atoms with Crippen molar-refractivity contribution in [2.45, 2.75) is 25.1 Å². The summed E-state index contributed by atoms with van der Waals surface area (Å²) >= 11 is 9.26. The molecule has 0 fully saturated rings. The molecule has 0 radical (unpaired) electrons. The fourth-order valence-corrected chi connectivity index (χ4v) is 4.85. The Kier molecular flexibility index (Phi) is 4.45. The zero-order valence-corrected chi connectivity index (χ0v) is 13.8. The highest BCUT2D eigenvalue weighted by Gasteiger charge is 2.14. The van der Waals surface area contributed by atoms with E-state index in [1.165, 1.54) is 25.4 Å². The van der Waals surface area contributed by atoms with Gasteiger partial charge in [-0.3, -0.25) is 0 Å². The number of aryl methyl sites for hydroxylation is 2. The minimum atomic E-state index is 0.387. The van der Waals surface area contributed by atoms with Crippen LogP contribution in [0.25, 0.3) is 0 Å². The van der Waals surface area contributed by atoms with Crippen LogP contribution in [0.2, 0.25) is 0 Å². The summed E-state index contributed by atoms with van der Waals surface area (Å²) in [5, 5.41) is 0. The summed E-state index contributed by atoms with van der Waals surface area (Å²) in [6, 6.07) is 10.9. The maximum atomic E-state index is 3.79. The molecule has 3 heteroatoms. The summed E-state index contributed by atoms with van der Waals surface area (Å²) in [6.45, 7) is 4.26. The monoisotopic (exact) mass is 372 g/mol. The van der Waals surface area contributed by atoms with E-state index < -0.39 is 0 Å². The SMILES string of the molecule is Cc1ccc(CC(Br)c2sc(C)cc2Br)cc1. The Labute approximate surface area is 123 Å². The Morgan fingerprint density at radius 2 is 1.82 bits per heavy atom. The van der Waals surface area contributed by atoms with Gasteiger partial charge >= 0.3 is 0 Å². The summed E-state index contributed by atoms with van der Waals surface area (Å²) in [6.07, 6.45) is 1.03. The molecule has 0 nitrogen and oxygen atoms in total. The summed E-state index contributed by atoms with van der Waals surface area (Å²) in [4.78, 5) is 3.11. The number of hydrogen-bond acceptors (Lipinski definition) is 1. The zero-order valence-electron chi connectivity index (χ0n) is 9.84. The normalized spacial score (nSPS) is 12.7. The Bertz CT molecular complexity index is 499. The van der Waals surface area contributed by atoms with Crippen LogP contribution >= 0.6 is 43.2 Å². The van der Waals surface area contributed by atoms with Crippen LogP contribution < -0.4 is 0 Å². The first-order chi connectivity index (χ1) is 8.06. The van der Waals surface area contributed by atoms with E-state index in [4.69, 9.17) is 0 Å². The van der Waals surface area contributed by atoms with Gasteiger partial charge in [0.25, 0.3) is 0 Å². The van der Waals surface area contributed by atoms with E-state index in [-0.39, 0.29) is 0 Å².